The van der Waals surface area contributed by atoms with Crippen LogP contribution in [0, 0.1) is 10.1 Å². The maximum absolute atomic E-state index is 11.0. The van der Waals surface area contributed by atoms with E-state index >= 15 is 0 Å². The molecule has 0 fully saturated rings. The molecule has 0 bridgehead atoms. The summed E-state index contributed by atoms with van der Waals surface area (Å²) in [6, 6.07) is 14.3. The van der Waals surface area contributed by atoms with E-state index in [1.807, 2.05) is 24.3 Å². The highest BCUT2D eigenvalue weighted by Crippen LogP contribution is 2.31. The first-order chi connectivity index (χ1) is 11.6. The standard InChI is InChI=1S/C17H18N4O3/c18-17(19-11-12-5-1-3-7-15(12)21(22)23)20-14-9-10-24-16-8-4-2-6-13(14)16/h1-8,14H,9-11H2,(H3,18,19,20). The summed E-state index contributed by atoms with van der Waals surface area (Å²) in [4.78, 5) is 14.8. The number of nitrogens with one attached hydrogen (secondary N) is 1. The fourth-order valence-electron chi connectivity index (χ4n) is 2.71. The Bertz CT molecular complexity index is 776. The molecule has 3 N–H and O–H groups in total. The van der Waals surface area contributed by atoms with E-state index in [2.05, 4.69) is 10.3 Å². The molecule has 7 nitrogen and oxygen atoms in total. The maximum Gasteiger partial charge on any atom is 0.274 e. The number of nitro groups is 1. The molecule has 1 unspecified atom stereocenters. The number of hydrogen-bond acceptors (Lipinski definition) is 4. The predicted molar refractivity (Wildman–Crippen MR) is 90.9 cm³/mol. The summed E-state index contributed by atoms with van der Waals surface area (Å²) in [5.41, 5.74) is 7.57. The normalized spacial score (nSPS) is 16.8. The Morgan fingerprint density at radius 3 is 2.88 bits per heavy atom. The molecule has 0 aromatic heterocycles. The Morgan fingerprint density at radius 1 is 1.29 bits per heavy atom. The lowest BCUT2D eigenvalue weighted by molar-refractivity contribution is -0.385. The Hall–Kier alpha value is -3.09. The number of fused-ring (bicyclic) bond motifs is 1. The van der Waals surface area contributed by atoms with Gasteiger partial charge in [0.25, 0.3) is 5.69 Å². The lowest BCUT2D eigenvalue weighted by Crippen LogP contribution is -2.37. The summed E-state index contributed by atoms with van der Waals surface area (Å²) in [5, 5.41) is 14.2. The molecule has 2 aromatic carbocycles. The van der Waals surface area contributed by atoms with Crippen LogP contribution in [0.1, 0.15) is 23.6 Å². The molecule has 2 aromatic rings. The fourth-order valence-corrected chi connectivity index (χ4v) is 2.71. The second kappa shape index (κ2) is 6.99. The maximum atomic E-state index is 11.0. The van der Waals surface area contributed by atoms with Gasteiger partial charge in [-0.25, -0.2) is 4.99 Å². The predicted octanol–water partition coefficient (Wildman–Crippen LogP) is 2.52. The molecular formula is C17H18N4O3. The summed E-state index contributed by atoms with van der Waals surface area (Å²) in [7, 11) is 0. The number of rotatable bonds is 4. The first-order valence-electron chi connectivity index (χ1n) is 7.65. The van der Waals surface area contributed by atoms with Crippen LogP contribution >= 0.6 is 0 Å². The van der Waals surface area contributed by atoms with Gasteiger partial charge in [0.05, 0.1) is 29.7 Å². The summed E-state index contributed by atoms with van der Waals surface area (Å²) >= 11 is 0. The van der Waals surface area contributed by atoms with Crippen molar-refractivity contribution >= 4 is 11.6 Å². The van der Waals surface area contributed by atoms with Crippen LogP contribution in [0.25, 0.3) is 0 Å². The van der Waals surface area contributed by atoms with E-state index in [4.69, 9.17) is 10.5 Å². The number of benzene rings is 2. The van der Waals surface area contributed by atoms with E-state index in [0.717, 1.165) is 17.7 Å². The average Bonchev–Trinajstić information content (AvgIpc) is 2.60. The van der Waals surface area contributed by atoms with E-state index in [1.165, 1.54) is 6.07 Å². The van der Waals surface area contributed by atoms with Gasteiger partial charge in [-0.1, -0.05) is 36.4 Å². The van der Waals surface area contributed by atoms with Gasteiger partial charge in [-0.2, -0.15) is 0 Å². The molecular weight excluding hydrogens is 308 g/mol. The third kappa shape index (κ3) is 3.45. The van der Waals surface area contributed by atoms with Crippen molar-refractivity contribution in [3.05, 3.63) is 69.8 Å². The highest BCUT2D eigenvalue weighted by molar-refractivity contribution is 5.78. The van der Waals surface area contributed by atoms with Gasteiger partial charge >= 0.3 is 0 Å². The molecule has 3 rings (SSSR count). The van der Waals surface area contributed by atoms with Gasteiger partial charge in [0.1, 0.15) is 5.75 Å². The molecule has 0 aliphatic carbocycles. The highest BCUT2D eigenvalue weighted by atomic mass is 16.6. The third-order valence-corrected chi connectivity index (χ3v) is 3.89. The smallest absolute Gasteiger partial charge is 0.274 e. The molecule has 0 radical (unpaired) electrons. The van der Waals surface area contributed by atoms with Crippen LogP contribution < -0.4 is 15.8 Å². The van der Waals surface area contributed by atoms with Crippen LogP contribution in [0.4, 0.5) is 5.69 Å². The quantitative estimate of drug-likeness (QED) is 0.389. The van der Waals surface area contributed by atoms with Crippen molar-refractivity contribution in [3.8, 4) is 5.75 Å². The second-order valence-corrected chi connectivity index (χ2v) is 5.46. The molecule has 0 saturated heterocycles. The summed E-state index contributed by atoms with van der Waals surface area (Å²) in [6.45, 7) is 0.757. The summed E-state index contributed by atoms with van der Waals surface area (Å²) in [6.07, 6.45) is 0.777. The third-order valence-electron chi connectivity index (χ3n) is 3.89. The number of ether oxygens (including phenoxy) is 1. The topological polar surface area (TPSA) is 103 Å². The zero-order chi connectivity index (χ0) is 16.9. The van der Waals surface area contributed by atoms with Gasteiger partial charge < -0.3 is 15.8 Å². The number of nitrogens with two attached hydrogens (primary N) is 1. The molecule has 7 heteroatoms. The van der Waals surface area contributed by atoms with Crippen LogP contribution in [0.2, 0.25) is 0 Å². The van der Waals surface area contributed by atoms with Gasteiger partial charge in [-0.3, -0.25) is 10.1 Å². The van der Waals surface area contributed by atoms with E-state index in [-0.39, 0.29) is 24.2 Å². The number of nitrogens with zero attached hydrogens (tertiary/aromatic N) is 2. The molecule has 0 amide bonds. The Morgan fingerprint density at radius 2 is 2.04 bits per heavy atom. The minimum Gasteiger partial charge on any atom is -0.493 e. The number of nitro benzene ring substituents is 1. The van der Waals surface area contributed by atoms with Gasteiger partial charge in [0, 0.05) is 18.1 Å². The molecule has 24 heavy (non-hydrogen) atoms. The number of guanidine groups is 1. The molecule has 1 heterocycles. The van der Waals surface area contributed by atoms with Crippen LogP contribution in [0.3, 0.4) is 0 Å². The van der Waals surface area contributed by atoms with Crippen molar-refractivity contribution in [2.45, 2.75) is 19.0 Å². The number of hydrogen-bond donors (Lipinski definition) is 2. The van der Waals surface area contributed by atoms with Crippen LogP contribution in [-0.4, -0.2) is 17.5 Å². The monoisotopic (exact) mass is 326 g/mol. The van der Waals surface area contributed by atoms with Gasteiger partial charge in [0.15, 0.2) is 5.96 Å². The largest absolute Gasteiger partial charge is 0.493 e. The van der Waals surface area contributed by atoms with Crippen molar-refractivity contribution in [3.63, 3.8) is 0 Å². The van der Waals surface area contributed by atoms with Crippen molar-refractivity contribution in [2.75, 3.05) is 6.61 Å². The van der Waals surface area contributed by atoms with Crippen LogP contribution in [-0.2, 0) is 6.54 Å². The van der Waals surface area contributed by atoms with E-state index in [9.17, 15) is 10.1 Å². The van der Waals surface area contributed by atoms with Gasteiger partial charge in [-0.15, -0.1) is 0 Å². The van der Waals surface area contributed by atoms with E-state index in [1.54, 1.807) is 18.2 Å². The fraction of sp³-hybridized carbons (Fsp3) is 0.235. The van der Waals surface area contributed by atoms with Crippen molar-refractivity contribution in [1.82, 2.24) is 5.32 Å². The molecule has 1 aliphatic heterocycles. The van der Waals surface area contributed by atoms with Crippen LogP contribution in [0.15, 0.2) is 53.5 Å². The number of aliphatic imine (C=N–C) groups is 1. The van der Waals surface area contributed by atoms with Crippen molar-refractivity contribution in [2.24, 2.45) is 10.7 Å². The minimum atomic E-state index is -0.413. The summed E-state index contributed by atoms with van der Waals surface area (Å²) in [5.74, 6) is 1.10. The van der Waals surface area contributed by atoms with E-state index in [0.29, 0.717) is 12.2 Å². The lowest BCUT2D eigenvalue weighted by atomic mass is 10.0. The highest BCUT2D eigenvalue weighted by Gasteiger charge is 2.21. The second-order valence-electron chi connectivity index (χ2n) is 5.46. The van der Waals surface area contributed by atoms with Gasteiger partial charge in [-0.05, 0) is 6.07 Å². The van der Waals surface area contributed by atoms with E-state index < -0.39 is 4.92 Å². The van der Waals surface area contributed by atoms with Crippen molar-refractivity contribution in [1.29, 1.82) is 0 Å². The molecule has 1 atom stereocenters. The SMILES string of the molecule is NC(=NCc1ccccc1[N+](=O)[O-])NC1CCOc2ccccc21. The molecule has 124 valence electrons. The number of para-hydroxylation sites is 2. The Balaban J connectivity index is 1.71. The molecule has 1 aliphatic rings. The first-order valence-corrected chi connectivity index (χ1v) is 7.65. The zero-order valence-electron chi connectivity index (χ0n) is 13.0. The van der Waals surface area contributed by atoms with Crippen LogP contribution in [0.5, 0.6) is 5.75 Å². The lowest BCUT2D eigenvalue weighted by Gasteiger charge is -2.26. The first kappa shape index (κ1) is 15.8. The Kier molecular flexibility index (Phi) is 4.60. The molecule has 0 saturated carbocycles. The summed E-state index contributed by atoms with van der Waals surface area (Å²) < 4.78 is 5.61. The zero-order valence-corrected chi connectivity index (χ0v) is 13.0. The Labute approximate surface area is 139 Å². The average molecular weight is 326 g/mol. The van der Waals surface area contributed by atoms with Gasteiger partial charge in [0.2, 0.25) is 0 Å². The minimum absolute atomic E-state index is 0.0180. The molecule has 0 spiro atoms. The van der Waals surface area contributed by atoms with Crippen molar-refractivity contribution < 1.29 is 9.66 Å².